The Kier molecular flexibility index (Phi) is 6.39. The van der Waals surface area contributed by atoms with E-state index in [1.54, 1.807) is 18.2 Å². The second-order valence-electron chi connectivity index (χ2n) is 8.61. The number of hydrogen-bond donors (Lipinski definition) is 2. The molecule has 0 fully saturated rings. The van der Waals surface area contributed by atoms with E-state index >= 15 is 0 Å². The van der Waals surface area contributed by atoms with Crippen molar-refractivity contribution >= 4 is 28.2 Å². The molecule has 1 unspecified atom stereocenters. The second-order valence-corrected chi connectivity index (χ2v) is 8.61. The van der Waals surface area contributed by atoms with E-state index in [4.69, 9.17) is 9.47 Å². The molecule has 0 bridgehead atoms. The van der Waals surface area contributed by atoms with Crippen LogP contribution in [0.25, 0.3) is 10.9 Å². The van der Waals surface area contributed by atoms with Gasteiger partial charge in [0.25, 0.3) is 0 Å². The number of nitrogens with zero attached hydrogens (tertiary/aromatic N) is 2. The molecule has 1 atom stereocenters. The molecule has 0 saturated carbocycles. The molecule has 0 aliphatic carbocycles. The van der Waals surface area contributed by atoms with E-state index in [-0.39, 0.29) is 43.3 Å². The summed E-state index contributed by atoms with van der Waals surface area (Å²) in [5, 5.41) is 17.2. The first kappa shape index (κ1) is 23.5. The Morgan fingerprint density at radius 2 is 2.00 bits per heavy atom. The third-order valence-corrected chi connectivity index (χ3v) is 6.38. The van der Waals surface area contributed by atoms with E-state index in [0.717, 1.165) is 5.56 Å². The standard InChI is InChI=1S/C27H24FN3O5/c1-2-21(16-6-4-3-5-7-16)26(32)29-20-8-9-22-23(12-20)31(27(33)24(22)30-34)13-17-10-19(28)11-18-14-35-15-36-25(17)18/h3-12,21,33H,2,13-15H2,1H3,(H,29,32). The minimum atomic E-state index is -0.470. The molecule has 0 saturated heterocycles. The van der Waals surface area contributed by atoms with E-state index in [0.29, 0.717) is 39.9 Å². The van der Waals surface area contributed by atoms with Gasteiger partial charge in [0.2, 0.25) is 11.8 Å². The van der Waals surface area contributed by atoms with Gasteiger partial charge in [-0.25, -0.2) is 4.39 Å². The summed E-state index contributed by atoms with van der Waals surface area (Å²) in [5.74, 6) is -0.868. The Morgan fingerprint density at radius 1 is 1.19 bits per heavy atom. The predicted octanol–water partition coefficient (Wildman–Crippen LogP) is 5.93. The lowest BCUT2D eigenvalue weighted by molar-refractivity contribution is -0.117. The summed E-state index contributed by atoms with van der Waals surface area (Å²) in [7, 11) is 0. The molecule has 3 aromatic carbocycles. The first-order valence-electron chi connectivity index (χ1n) is 11.6. The van der Waals surface area contributed by atoms with Crippen molar-refractivity contribution in [2.75, 3.05) is 12.1 Å². The van der Waals surface area contributed by atoms with Crippen molar-refractivity contribution in [3.8, 4) is 11.6 Å². The average molecular weight is 490 g/mol. The van der Waals surface area contributed by atoms with E-state index < -0.39 is 5.82 Å². The average Bonchev–Trinajstić information content (AvgIpc) is 3.14. The van der Waals surface area contributed by atoms with Gasteiger partial charge >= 0.3 is 0 Å². The fourth-order valence-electron chi connectivity index (χ4n) is 4.68. The van der Waals surface area contributed by atoms with Gasteiger partial charge in [0.05, 0.1) is 24.6 Å². The summed E-state index contributed by atoms with van der Waals surface area (Å²) in [6.45, 7) is 2.19. The molecule has 8 nitrogen and oxygen atoms in total. The highest BCUT2D eigenvalue weighted by atomic mass is 19.1. The monoisotopic (exact) mass is 489 g/mol. The largest absolute Gasteiger partial charge is 0.493 e. The van der Waals surface area contributed by atoms with Gasteiger partial charge in [-0.1, -0.05) is 37.3 Å². The summed E-state index contributed by atoms with van der Waals surface area (Å²) in [6.07, 6.45) is 0.614. The van der Waals surface area contributed by atoms with Crippen molar-refractivity contribution < 1.29 is 23.8 Å². The molecule has 2 N–H and O–H groups in total. The third-order valence-electron chi connectivity index (χ3n) is 6.38. The number of aromatic hydroxyl groups is 1. The summed E-state index contributed by atoms with van der Waals surface area (Å²) in [5.41, 5.74) is 2.75. The topological polar surface area (TPSA) is 102 Å². The molecule has 1 aliphatic rings. The summed E-state index contributed by atoms with van der Waals surface area (Å²) < 4.78 is 26.6. The number of carbonyl (C=O) groups excluding carboxylic acids is 1. The lowest BCUT2D eigenvalue weighted by Crippen LogP contribution is -2.20. The molecule has 4 aromatic rings. The maximum absolute atomic E-state index is 14.3. The molecule has 36 heavy (non-hydrogen) atoms. The molecule has 0 radical (unpaired) electrons. The van der Waals surface area contributed by atoms with Crippen LogP contribution in [0.1, 0.15) is 36.0 Å². The molecule has 5 rings (SSSR count). The van der Waals surface area contributed by atoms with Crippen LogP contribution in [0.5, 0.6) is 11.6 Å². The summed E-state index contributed by atoms with van der Waals surface area (Å²) in [6, 6.07) is 17.1. The lowest BCUT2D eigenvalue weighted by Gasteiger charge is -2.21. The number of halogens is 1. The number of hydrogen-bond acceptors (Lipinski definition) is 6. The molecule has 2 heterocycles. The maximum Gasteiger partial charge on any atom is 0.231 e. The summed E-state index contributed by atoms with van der Waals surface area (Å²) in [4.78, 5) is 24.6. The number of rotatable bonds is 7. The van der Waals surface area contributed by atoms with Crippen LogP contribution >= 0.6 is 0 Å². The van der Waals surface area contributed by atoms with Crippen LogP contribution in [0.3, 0.4) is 0 Å². The molecule has 1 aliphatic heterocycles. The van der Waals surface area contributed by atoms with E-state index in [9.17, 15) is 19.2 Å². The van der Waals surface area contributed by atoms with Crippen LogP contribution in [0.2, 0.25) is 0 Å². The second kappa shape index (κ2) is 9.79. The van der Waals surface area contributed by atoms with Crippen LogP contribution in [0.4, 0.5) is 15.8 Å². The Hall–Kier alpha value is -4.24. The van der Waals surface area contributed by atoms with E-state index in [1.165, 1.54) is 16.7 Å². The van der Waals surface area contributed by atoms with Gasteiger partial charge in [-0.05, 0) is 47.5 Å². The lowest BCUT2D eigenvalue weighted by atomic mass is 9.95. The van der Waals surface area contributed by atoms with Gasteiger partial charge in [-0.2, -0.15) is 0 Å². The maximum atomic E-state index is 14.3. The minimum Gasteiger partial charge on any atom is -0.493 e. The number of nitroso groups, excluding NO2 is 1. The molecule has 1 amide bonds. The van der Waals surface area contributed by atoms with E-state index in [1.807, 2.05) is 37.3 Å². The SMILES string of the molecule is CCC(C(=O)Nc1ccc2c(N=O)c(O)n(Cc3cc(F)cc4c3OCOC4)c2c1)c1ccccc1. The van der Waals surface area contributed by atoms with Gasteiger partial charge in [0, 0.05) is 22.2 Å². The number of aromatic nitrogens is 1. The van der Waals surface area contributed by atoms with Crippen molar-refractivity contribution in [2.45, 2.75) is 32.4 Å². The third kappa shape index (κ3) is 4.29. The molecule has 9 heteroatoms. The van der Waals surface area contributed by atoms with Crippen LogP contribution in [-0.4, -0.2) is 22.4 Å². The van der Waals surface area contributed by atoms with Crippen LogP contribution < -0.4 is 10.1 Å². The fourth-order valence-corrected chi connectivity index (χ4v) is 4.68. The van der Waals surface area contributed by atoms with Crippen molar-refractivity contribution in [3.05, 3.63) is 88.1 Å². The van der Waals surface area contributed by atoms with Crippen LogP contribution in [0.15, 0.2) is 65.8 Å². The number of carbonyl (C=O) groups is 1. The molecule has 0 spiro atoms. The first-order chi connectivity index (χ1) is 17.5. The zero-order valence-corrected chi connectivity index (χ0v) is 19.5. The van der Waals surface area contributed by atoms with E-state index in [2.05, 4.69) is 10.5 Å². The Labute approximate surface area is 206 Å². The van der Waals surface area contributed by atoms with Crippen molar-refractivity contribution in [3.63, 3.8) is 0 Å². The van der Waals surface area contributed by atoms with Gasteiger partial charge in [-0.15, -0.1) is 4.91 Å². The molecular formula is C27H24FN3O5. The van der Waals surface area contributed by atoms with Gasteiger partial charge in [0.1, 0.15) is 11.6 Å². The quantitative estimate of drug-likeness (QED) is 0.313. The Bertz CT molecular complexity index is 1450. The van der Waals surface area contributed by atoms with Gasteiger partial charge in [-0.3, -0.25) is 4.79 Å². The molecule has 184 valence electrons. The van der Waals surface area contributed by atoms with Crippen molar-refractivity contribution in [1.82, 2.24) is 4.57 Å². The zero-order valence-electron chi connectivity index (χ0n) is 19.5. The predicted molar refractivity (Wildman–Crippen MR) is 133 cm³/mol. The highest BCUT2D eigenvalue weighted by molar-refractivity contribution is 6.01. The number of anilines is 1. The normalized spacial score (nSPS) is 13.6. The zero-order chi connectivity index (χ0) is 25.2. The van der Waals surface area contributed by atoms with Gasteiger partial charge < -0.3 is 24.5 Å². The minimum absolute atomic E-state index is 0.0109. The Morgan fingerprint density at radius 3 is 2.75 bits per heavy atom. The highest BCUT2D eigenvalue weighted by Crippen LogP contribution is 2.41. The van der Waals surface area contributed by atoms with Crippen molar-refractivity contribution in [1.29, 1.82) is 0 Å². The Balaban J connectivity index is 1.52. The van der Waals surface area contributed by atoms with Crippen LogP contribution in [-0.2, 0) is 22.7 Å². The first-order valence-corrected chi connectivity index (χ1v) is 11.6. The van der Waals surface area contributed by atoms with Gasteiger partial charge in [0.15, 0.2) is 12.5 Å². The fraction of sp³-hybridized carbons (Fsp3) is 0.222. The molecular weight excluding hydrogens is 465 g/mol. The number of benzene rings is 3. The molecule has 1 aromatic heterocycles. The summed E-state index contributed by atoms with van der Waals surface area (Å²) >= 11 is 0. The number of amides is 1. The highest BCUT2D eigenvalue weighted by Gasteiger charge is 2.23. The van der Waals surface area contributed by atoms with Crippen molar-refractivity contribution in [2.24, 2.45) is 5.18 Å². The number of nitrogens with one attached hydrogen (secondary N) is 1. The number of fused-ring (bicyclic) bond motifs is 2. The number of ether oxygens (including phenoxy) is 2. The van der Waals surface area contributed by atoms with Crippen LogP contribution in [0, 0.1) is 10.7 Å². The smallest absolute Gasteiger partial charge is 0.231 e.